The van der Waals surface area contributed by atoms with Gasteiger partial charge in [0.1, 0.15) is 5.82 Å². The van der Waals surface area contributed by atoms with Gasteiger partial charge in [0.05, 0.1) is 15.1 Å². The number of benzene rings is 1. The van der Waals surface area contributed by atoms with Crippen LogP contribution in [0.4, 0.5) is 4.39 Å². The molecule has 0 bridgehead atoms. The van der Waals surface area contributed by atoms with Crippen molar-refractivity contribution >= 4 is 45.7 Å². The second-order valence-electron chi connectivity index (χ2n) is 6.56. The Morgan fingerprint density at radius 1 is 1.30 bits per heavy atom. The third-order valence-electron chi connectivity index (χ3n) is 4.07. The second kappa shape index (κ2) is 5.52. The van der Waals surface area contributed by atoms with E-state index in [4.69, 9.17) is 4.43 Å². The van der Waals surface area contributed by atoms with E-state index < -0.39 is 8.32 Å². The van der Waals surface area contributed by atoms with Gasteiger partial charge in [-0.15, -0.1) is 11.3 Å². The van der Waals surface area contributed by atoms with Crippen molar-refractivity contribution in [2.75, 3.05) is 0 Å². The predicted molar refractivity (Wildman–Crippen MR) is 91.5 cm³/mol. The Morgan fingerprint density at radius 3 is 2.55 bits per heavy atom. The Balaban J connectivity index is 2.25. The van der Waals surface area contributed by atoms with Crippen molar-refractivity contribution in [1.29, 1.82) is 0 Å². The molecule has 0 N–H and O–H groups in total. The molecule has 0 saturated heterocycles. The SMILES string of the molecule is CC(C)(C)[Si](C)(C)OCc1ccc2cc(Br)sc2c1F. The van der Waals surface area contributed by atoms with Crippen molar-refractivity contribution in [3.63, 3.8) is 0 Å². The Morgan fingerprint density at radius 2 is 1.95 bits per heavy atom. The first-order valence-corrected chi connectivity index (χ1v) is 11.1. The fourth-order valence-corrected chi connectivity index (χ4v) is 4.19. The molecule has 0 fully saturated rings. The van der Waals surface area contributed by atoms with Crippen LogP contribution in [0.15, 0.2) is 22.0 Å². The molecule has 0 amide bonds. The van der Waals surface area contributed by atoms with Crippen molar-refractivity contribution < 1.29 is 8.82 Å². The quantitative estimate of drug-likeness (QED) is 0.570. The maximum absolute atomic E-state index is 14.5. The lowest BCUT2D eigenvalue weighted by atomic mass is 10.2. The zero-order valence-corrected chi connectivity index (χ0v) is 15.9. The molecule has 110 valence electrons. The van der Waals surface area contributed by atoms with Crippen LogP contribution in [0.5, 0.6) is 0 Å². The van der Waals surface area contributed by atoms with E-state index in [9.17, 15) is 4.39 Å². The average molecular weight is 375 g/mol. The molecule has 0 atom stereocenters. The number of halogens is 2. The Hall–Kier alpha value is -0.233. The first-order chi connectivity index (χ1) is 9.12. The summed E-state index contributed by atoms with van der Waals surface area (Å²) >= 11 is 4.84. The molecule has 0 radical (unpaired) electrons. The van der Waals surface area contributed by atoms with Crippen molar-refractivity contribution in [3.8, 4) is 0 Å². The predicted octanol–water partition coefficient (Wildman–Crippen LogP) is 6.32. The molecule has 1 nitrogen and oxygen atoms in total. The molecule has 1 heterocycles. The third-order valence-corrected chi connectivity index (χ3v) is 10.2. The highest BCUT2D eigenvalue weighted by atomic mass is 79.9. The summed E-state index contributed by atoms with van der Waals surface area (Å²) in [5.74, 6) is -0.142. The highest BCUT2D eigenvalue weighted by Gasteiger charge is 2.37. The monoisotopic (exact) mass is 374 g/mol. The van der Waals surface area contributed by atoms with E-state index in [2.05, 4.69) is 49.8 Å². The summed E-state index contributed by atoms with van der Waals surface area (Å²) in [5, 5.41) is 1.08. The van der Waals surface area contributed by atoms with Gasteiger partial charge in [-0.2, -0.15) is 0 Å². The first kappa shape index (κ1) is 16.1. The van der Waals surface area contributed by atoms with Crippen LogP contribution in [0, 0.1) is 5.82 Å². The van der Waals surface area contributed by atoms with Gasteiger partial charge in [-0.3, -0.25) is 0 Å². The summed E-state index contributed by atoms with van der Waals surface area (Å²) in [6, 6.07) is 5.75. The minimum Gasteiger partial charge on any atom is -0.412 e. The van der Waals surface area contributed by atoms with Gasteiger partial charge in [-0.25, -0.2) is 4.39 Å². The molecule has 0 unspecified atom stereocenters. The highest BCUT2D eigenvalue weighted by Crippen LogP contribution is 2.38. The summed E-state index contributed by atoms with van der Waals surface area (Å²) in [7, 11) is -1.85. The van der Waals surface area contributed by atoms with Crippen molar-refractivity contribution in [2.24, 2.45) is 0 Å². The van der Waals surface area contributed by atoms with Crippen LogP contribution in [0.25, 0.3) is 10.1 Å². The molecule has 20 heavy (non-hydrogen) atoms. The molecule has 0 aliphatic carbocycles. The second-order valence-corrected chi connectivity index (χ2v) is 13.8. The number of fused-ring (bicyclic) bond motifs is 1. The van der Waals surface area contributed by atoms with E-state index in [0.717, 1.165) is 9.17 Å². The van der Waals surface area contributed by atoms with Crippen LogP contribution in [-0.4, -0.2) is 8.32 Å². The molecule has 1 aromatic heterocycles. The number of thiophene rings is 1. The van der Waals surface area contributed by atoms with Gasteiger partial charge in [0.25, 0.3) is 0 Å². The number of rotatable bonds is 3. The lowest BCUT2D eigenvalue weighted by molar-refractivity contribution is 0.271. The maximum atomic E-state index is 14.5. The normalized spacial score (nSPS) is 13.2. The molecule has 0 aliphatic heterocycles. The smallest absolute Gasteiger partial charge is 0.192 e. The number of hydrogen-bond acceptors (Lipinski definition) is 2. The molecular weight excluding hydrogens is 355 g/mol. The minimum atomic E-state index is -1.85. The average Bonchev–Trinajstić information content (AvgIpc) is 2.68. The van der Waals surface area contributed by atoms with Crippen LogP contribution < -0.4 is 0 Å². The van der Waals surface area contributed by atoms with E-state index in [-0.39, 0.29) is 10.9 Å². The lowest BCUT2D eigenvalue weighted by Crippen LogP contribution is -2.40. The molecule has 1 aromatic carbocycles. The van der Waals surface area contributed by atoms with E-state index >= 15 is 0 Å². The van der Waals surface area contributed by atoms with Crippen LogP contribution in [0.2, 0.25) is 18.1 Å². The summed E-state index contributed by atoms with van der Waals surface area (Å²) in [6.07, 6.45) is 0. The Labute approximate surface area is 133 Å². The molecule has 0 aliphatic rings. The van der Waals surface area contributed by atoms with E-state index in [1.807, 2.05) is 18.2 Å². The topological polar surface area (TPSA) is 9.23 Å². The van der Waals surface area contributed by atoms with E-state index in [0.29, 0.717) is 16.9 Å². The van der Waals surface area contributed by atoms with Gasteiger partial charge < -0.3 is 4.43 Å². The molecular formula is C15H20BrFOSSi. The fraction of sp³-hybridized carbons (Fsp3) is 0.467. The number of hydrogen-bond donors (Lipinski definition) is 0. The van der Waals surface area contributed by atoms with Crippen LogP contribution >= 0.6 is 27.3 Å². The Kier molecular flexibility index (Phi) is 4.45. The van der Waals surface area contributed by atoms with Crippen LogP contribution in [-0.2, 0) is 11.0 Å². The van der Waals surface area contributed by atoms with Crippen molar-refractivity contribution in [2.45, 2.75) is 45.5 Å². The first-order valence-electron chi connectivity index (χ1n) is 6.62. The molecule has 5 heteroatoms. The highest BCUT2D eigenvalue weighted by molar-refractivity contribution is 9.11. The third kappa shape index (κ3) is 3.16. The summed E-state index contributed by atoms with van der Waals surface area (Å²) in [5.41, 5.74) is 0.650. The van der Waals surface area contributed by atoms with Gasteiger partial charge in [-0.1, -0.05) is 32.9 Å². The van der Waals surface area contributed by atoms with Gasteiger partial charge in [0.2, 0.25) is 0 Å². The summed E-state index contributed by atoms with van der Waals surface area (Å²) < 4.78 is 22.2. The lowest BCUT2D eigenvalue weighted by Gasteiger charge is -2.36. The van der Waals surface area contributed by atoms with Gasteiger partial charge >= 0.3 is 0 Å². The standard InChI is InChI=1S/C15H20BrFOSSi/c1-15(2,3)20(4,5)18-9-11-7-6-10-8-12(16)19-14(10)13(11)17/h6-8H,9H2,1-5H3. The van der Waals surface area contributed by atoms with E-state index in [1.54, 1.807) is 0 Å². The van der Waals surface area contributed by atoms with Gasteiger partial charge in [-0.05, 0) is 45.5 Å². The summed E-state index contributed by atoms with van der Waals surface area (Å²) in [6.45, 7) is 11.3. The fourth-order valence-electron chi connectivity index (χ4n) is 1.66. The van der Waals surface area contributed by atoms with E-state index in [1.165, 1.54) is 11.3 Å². The van der Waals surface area contributed by atoms with Gasteiger partial charge in [0, 0.05) is 5.56 Å². The Bertz CT molecular complexity index is 631. The zero-order chi connectivity index (χ0) is 15.1. The molecule has 0 saturated carbocycles. The summed E-state index contributed by atoms with van der Waals surface area (Å²) in [4.78, 5) is 0. The molecule has 2 aromatic rings. The molecule has 2 rings (SSSR count). The minimum absolute atomic E-state index is 0.138. The molecule has 0 spiro atoms. The van der Waals surface area contributed by atoms with Crippen LogP contribution in [0.1, 0.15) is 26.3 Å². The van der Waals surface area contributed by atoms with Gasteiger partial charge in [0.15, 0.2) is 8.32 Å². The van der Waals surface area contributed by atoms with Crippen molar-refractivity contribution in [3.05, 3.63) is 33.4 Å². The van der Waals surface area contributed by atoms with Crippen molar-refractivity contribution in [1.82, 2.24) is 0 Å². The largest absolute Gasteiger partial charge is 0.412 e. The maximum Gasteiger partial charge on any atom is 0.192 e. The zero-order valence-electron chi connectivity index (χ0n) is 12.5. The van der Waals surface area contributed by atoms with Crippen LogP contribution in [0.3, 0.4) is 0 Å².